The summed E-state index contributed by atoms with van der Waals surface area (Å²) >= 11 is 2.76. The van der Waals surface area contributed by atoms with E-state index in [0.29, 0.717) is 6.07 Å². The molecule has 0 unspecified atom stereocenters. The van der Waals surface area contributed by atoms with Crippen LogP contribution in [0.2, 0.25) is 0 Å². The average molecular weight is 301 g/mol. The lowest BCUT2D eigenvalue weighted by Gasteiger charge is -2.11. The molecular weight excluding hydrogens is 296 g/mol. The van der Waals surface area contributed by atoms with Crippen LogP contribution in [0.15, 0.2) is 16.6 Å². The van der Waals surface area contributed by atoms with Crippen LogP contribution in [0.3, 0.4) is 0 Å². The highest BCUT2D eigenvalue weighted by atomic mass is 79.9. The van der Waals surface area contributed by atoms with Crippen LogP contribution in [-0.4, -0.2) is 13.1 Å². The third-order valence-corrected chi connectivity index (χ3v) is 2.21. The maximum absolute atomic E-state index is 13.3. The van der Waals surface area contributed by atoms with Gasteiger partial charge in [-0.1, -0.05) is 15.9 Å². The van der Waals surface area contributed by atoms with Crippen molar-refractivity contribution in [3.63, 3.8) is 0 Å². The minimum absolute atomic E-state index is 0.0541. The van der Waals surface area contributed by atoms with Crippen LogP contribution in [0.25, 0.3) is 0 Å². The molecule has 1 aromatic rings. The molecule has 1 rings (SSSR count). The van der Waals surface area contributed by atoms with Crippen LogP contribution in [-0.2, 0) is 10.9 Å². The van der Waals surface area contributed by atoms with E-state index in [2.05, 4.69) is 20.7 Å². The number of benzene rings is 1. The molecule has 0 aliphatic rings. The molecule has 0 aliphatic heterocycles. The molecule has 1 aromatic carbocycles. The number of alkyl halides is 3. The number of carbonyl (C=O) groups is 1. The van der Waals surface area contributed by atoms with Gasteiger partial charge in [-0.25, -0.2) is 9.18 Å². The molecule has 0 N–H and O–H groups in total. The Morgan fingerprint density at radius 3 is 2.38 bits per heavy atom. The van der Waals surface area contributed by atoms with Crippen molar-refractivity contribution < 1.29 is 27.1 Å². The molecular formula is C9H5BrF4O2. The van der Waals surface area contributed by atoms with E-state index in [-0.39, 0.29) is 4.47 Å². The topological polar surface area (TPSA) is 26.3 Å². The maximum atomic E-state index is 13.3. The normalized spacial score (nSPS) is 11.4. The molecule has 0 bridgehead atoms. The molecule has 16 heavy (non-hydrogen) atoms. The van der Waals surface area contributed by atoms with Gasteiger partial charge < -0.3 is 4.74 Å². The first-order chi connectivity index (χ1) is 7.27. The highest BCUT2D eigenvalue weighted by Gasteiger charge is 2.36. The fourth-order valence-electron chi connectivity index (χ4n) is 1.05. The van der Waals surface area contributed by atoms with Gasteiger partial charge in [-0.05, 0) is 12.1 Å². The van der Waals surface area contributed by atoms with Crippen LogP contribution in [0, 0.1) is 5.82 Å². The SMILES string of the molecule is COC(=O)c1cc(Br)cc(C(F)(F)F)c1F. The molecule has 0 spiro atoms. The van der Waals surface area contributed by atoms with Crippen LogP contribution in [0.1, 0.15) is 15.9 Å². The van der Waals surface area contributed by atoms with E-state index in [1.807, 2.05) is 0 Å². The molecule has 0 heterocycles. The van der Waals surface area contributed by atoms with Crippen molar-refractivity contribution in [1.82, 2.24) is 0 Å². The van der Waals surface area contributed by atoms with Gasteiger partial charge in [0.05, 0.1) is 18.2 Å². The van der Waals surface area contributed by atoms with Crippen molar-refractivity contribution in [2.75, 3.05) is 7.11 Å². The number of hydrogen-bond donors (Lipinski definition) is 0. The lowest BCUT2D eigenvalue weighted by atomic mass is 10.1. The first-order valence-corrected chi connectivity index (χ1v) is 4.71. The van der Waals surface area contributed by atoms with Gasteiger partial charge in [-0.15, -0.1) is 0 Å². The van der Waals surface area contributed by atoms with E-state index >= 15 is 0 Å². The Morgan fingerprint density at radius 2 is 1.94 bits per heavy atom. The van der Waals surface area contributed by atoms with Gasteiger partial charge in [0.2, 0.25) is 0 Å². The number of carbonyl (C=O) groups excluding carboxylic acids is 1. The summed E-state index contributed by atoms with van der Waals surface area (Å²) in [6.45, 7) is 0. The van der Waals surface area contributed by atoms with E-state index in [9.17, 15) is 22.4 Å². The second kappa shape index (κ2) is 4.40. The first-order valence-electron chi connectivity index (χ1n) is 3.92. The van der Waals surface area contributed by atoms with Gasteiger partial charge in [0.1, 0.15) is 5.82 Å². The van der Waals surface area contributed by atoms with Crippen molar-refractivity contribution in [2.45, 2.75) is 6.18 Å². The molecule has 0 aliphatic carbocycles. The summed E-state index contributed by atoms with van der Waals surface area (Å²) in [7, 11) is 0.954. The third kappa shape index (κ3) is 2.52. The largest absolute Gasteiger partial charge is 0.465 e. The van der Waals surface area contributed by atoms with E-state index in [1.54, 1.807) is 0 Å². The van der Waals surface area contributed by atoms with Crippen molar-refractivity contribution in [2.24, 2.45) is 0 Å². The molecule has 88 valence electrons. The summed E-state index contributed by atoms with van der Waals surface area (Å²) in [6.07, 6.45) is -4.86. The Balaban J connectivity index is 3.44. The minimum atomic E-state index is -4.86. The van der Waals surface area contributed by atoms with Crippen LogP contribution >= 0.6 is 15.9 Å². The first kappa shape index (κ1) is 13.0. The number of ether oxygens (including phenoxy) is 1. The standard InChI is InChI=1S/C9H5BrF4O2/c1-16-8(15)5-2-4(10)3-6(7(5)11)9(12,13)14/h2-3H,1H3. The Kier molecular flexibility index (Phi) is 3.57. The van der Waals surface area contributed by atoms with Crippen molar-refractivity contribution in [1.29, 1.82) is 0 Å². The molecule has 7 heteroatoms. The monoisotopic (exact) mass is 300 g/mol. The molecule has 0 amide bonds. The number of hydrogen-bond acceptors (Lipinski definition) is 2. The molecule has 0 saturated carbocycles. The Labute approximate surface area is 96.3 Å². The van der Waals surface area contributed by atoms with Crippen molar-refractivity contribution in [3.05, 3.63) is 33.5 Å². The Bertz CT molecular complexity index is 428. The van der Waals surface area contributed by atoms with Crippen LogP contribution in [0.4, 0.5) is 17.6 Å². The quantitative estimate of drug-likeness (QED) is 0.587. The predicted molar refractivity (Wildman–Crippen MR) is 50.4 cm³/mol. The number of halogens is 5. The van der Waals surface area contributed by atoms with Gasteiger partial charge in [0.25, 0.3) is 0 Å². The highest BCUT2D eigenvalue weighted by molar-refractivity contribution is 9.10. The third-order valence-electron chi connectivity index (χ3n) is 1.75. The second-order valence-corrected chi connectivity index (χ2v) is 3.72. The fraction of sp³-hybridized carbons (Fsp3) is 0.222. The second-order valence-electron chi connectivity index (χ2n) is 2.80. The maximum Gasteiger partial charge on any atom is 0.419 e. The summed E-state index contributed by atoms with van der Waals surface area (Å²) in [6, 6.07) is 1.48. The summed E-state index contributed by atoms with van der Waals surface area (Å²) in [5.41, 5.74) is -2.27. The molecule has 0 radical (unpaired) electrons. The van der Waals surface area contributed by atoms with E-state index in [0.717, 1.165) is 13.2 Å². The Hall–Kier alpha value is -1.11. The summed E-state index contributed by atoms with van der Waals surface area (Å²) < 4.78 is 54.6. The van der Waals surface area contributed by atoms with Gasteiger partial charge in [-0.3, -0.25) is 0 Å². The predicted octanol–water partition coefficient (Wildman–Crippen LogP) is 3.39. The van der Waals surface area contributed by atoms with Crippen molar-refractivity contribution >= 4 is 21.9 Å². The average Bonchev–Trinajstić information content (AvgIpc) is 2.18. The minimum Gasteiger partial charge on any atom is -0.465 e. The van der Waals surface area contributed by atoms with Gasteiger partial charge in [0.15, 0.2) is 0 Å². The van der Waals surface area contributed by atoms with Gasteiger partial charge in [0, 0.05) is 4.47 Å². The number of esters is 1. The number of methoxy groups -OCH3 is 1. The molecule has 0 saturated heterocycles. The lowest BCUT2D eigenvalue weighted by Crippen LogP contribution is -2.13. The van der Waals surface area contributed by atoms with E-state index in [1.165, 1.54) is 0 Å². The molecule has 2 nitrogen and oxygen atoms in total. The van der Waals surface area contributed by atoms with Crippen LogP contribution < -0.4 is 0 Å². The van der Waals surface area contributed by atoms with Crippen LogP contribution in [0.5, 0.6) is 0 Å². The highest BCUT2D eigenvalue weighted by Crippen LogP contribution is 2.34. The van der Waals surface area contributed by atoms with E-state index in [4.69, 9.17) is 0 Å². The Morgan fingerprint density at radius 1 is 1.38 bits per heavy atom. The lowest BCUT2D eigenvalue weighted by molar-refractivity contribution is -0.140. The van der Waals surface area contributed by atoms with E-state index < -0.39 is 29.1 Å². The molecule has 0 fully saturated rings. The zero-order valence-electron chi connectivity index (χ0n) is 7.86. The summed E-state index contributed by atoms with van der Waals surface area (Å²) in [5.74, 6) is -2.80. The summed E-state index contributed by atoms with van der Waals surface area (Å²) in [4.78, 5) is 11.0. The number of rotatable bonds is 1. The zero-order valence-corrected chi connectivity index (χ0v) is 9.45. The summed E-state index contributed by atoms with van der Waals surface area (Å²) in [5, 5.41) is 0. The smallest absolute Gasteiger partial charge is 0.419 e. The van der Waals surface area contributed by atoms with Crippen molar-refractivity contribution in [3.8, 4) is 0 Å². The molecule has 0 atom stereocenters. The van der Waals surface area contributed by atoms with Gasteiger partial charge in [-0.2, -0.15) is 13.2 Å². The zero-order chi connectivity index (χ0) is 12.5. The van der Waals surface area contributed by atoms with Gasteiger partial charge >= 0.3 is 12.1 Å². The fourth-order valence-corrected chi connectivity index (χ4v) is 1.51. The molecule has 0 aromatic heterocycles.